The summed E-state index contributed by atoms with van der Waals surface area (Å²) in [6, 6.07) is 7.86. The molecule has 0 bridgehead atoms. The van der Waals surface area contributed by atoms with Crippen LogP contribution in [0.25, 0.3) is 11.0 Å². The van der Waals surface area contributed by atoms with E-state index in [9.17, 15) is 0 Å². The van der Waals surface area contributed by atoms with Crippen molar-refractivity contribution in [3.63, 3.8) is 0 Å². The smallest absolute Gasteiger partial charge is 0.199 e. The molecule has 3 rings (SSSR count). The average Bonchev–Trinajstić information content (AvgIpc) is 2.98. The highest BCUT2D eigenvalue weighted by Crippen LogP contribution is 2.29. The Morgan fingerprint density at radius 1 is 1.35 bits per heavy atom. The van der Waals surface area contributed by atoms with E-state index in [4.69, 9.17) is 16.0 Å². The molecule has 0 amide bonds. The van der Waals surface area contributed by atoms with Crippen LogP contribution in [0.3, 0.4) is 0 Å². The molecule has 20 heavy (non-hydrogen) atoms. The van der Waals surface area contributed by atoms with Gasteiger partial charge in [-0.15, -0.1) is 10.2 Å². The molecule has 0 unspecified atom stereocenters. The summed E-state index contributed by atoms with van der Waals surface area (Å²) in [5, 5.41) is 12.8. The summed E-state index contributed by atoms with van der Waals surface area (Å²) in [6.45, 7) is 1.48. The third-order valence-electron chi connectivity index (χ3n) is 3.28. The van der Waals surface area contributed by atoms with E-state index >= 15 is 0 Å². The van der Waals surface area contributed by atoms with Crippen LogP contribution in [0, 0.1) is 0 Å². The molecule has 5 nitrogen and oxygen atoms in total. The maximum Gasteiger partial charge on any atom is 0.199 e. The largest absolute Gasteiger partial charge is 0.444 e. The number of hydrogen-bond donors (Lipinski definition) is 1. The summed E-state index contributed by atoms with van der Waals surface area (Å²) in [6.07, 6.45) is 2.53. The van der Waals surface area contributed by atoms with Gasteiger partial charge in [0, 0.05) is 37.5 Å². The summed E-state index contributed by atoms with van der Waals surface area (Å²) in [4.78, 5) is 0. The number of benzene rings is 1. The maximum absolute atomic E-state index is 6.14. The van der Waals surface area contributed by atoms with Gasteiger partial charge in [-0.2, -0.15) is 0 Å². The first-order valence-electron chi connectivity index (χ1n) is 6.45. The minimum atomic E-state index is 0.456. The van der Waals surface area contributed by atoms with Gasteiger partial charge in [0.25, 0.3) is 0 Å². The quantitative estimate of drug-likeness (QED) is 0.734. The van der Waals surface area contributed by atoms with Crippen LogP contribution in [0.5, 0.6) is 0 Å². The van der Waals surface area contributed by atoms with E-state index < -0.39 is 0 Å². The summed E-state index contributed by atoms with van der Waals surface area (Å²) in [5.41, 5.74) is 1.82. The third kappa shape index (κ3) is 2.55. The summed E-state index contributed by atoms with van der Waals surface area (Å²) >= 11 is 6.14. The standard InChI is InChI=1S/C14H15ClN4O/c1-19-9-17-18-13(19)6-7-16-8-11-10-4-2-3-5-12(10)20-14(11)15/h2-5,9,16H,6-8H2,1H3. The van der Waals surface area contributed by atoms with E-state index in [1.165, 1.54) is 0 Å². The van der Waals surface area contributed by atoms with Crippen LogP contribution >= 0.6 is 11.6 Å². The molecule has 0 aliphatic rings. The number of fused-ring (bicyclic) bond motifs is 1. The lowest BCUT2D eigenvalue weighted by Gasteiger charge is -2.03. The van der Waals surface area contributed by atoms with Gasteiger partial charge < -0.3 is 14.3 Å². The van der Waals surface area contributed by atoms with Crippen LogP contribution in [0.2, 0.25) is 5.22 Å². The average molecular weight is 291 g/mol. The Bertz CT molecular complexity index is 719. The van der Waals surface area contributed by atoms with Crippen molar-refractivity contribution < 1.29 is 4.42 Å². The van der Waals surface area contributed by atoms with Crippen molar-refractivity contribution >= 4 is 22.6 Å². The summed E-state index contributed by atoms with van der Waals surface area (Å²) in [5.74, 6) is 0.959. The number of para-hydroxylation sites is 1. The fourth-order valence-corrected chi connectivity index (χ4v) is 2.43. The van der Waals surface area contributed by atoms with Gasteiger partial charge in [0.2, 0.25) is 0 Å². The number of hydrogen-bond acceptors (Lipinski definition) is 4. The zero-order chi connectivity index (χ0) is 13.9. The second-order valence-electron chi connectivity index (χ2n) is 4.64. The first-order valence-corrected chi connectivity index (χ1v) is 6.83. The minimum absolute atomic E-state index is 0.456. The number of aromatic nitrogens is 3. The van der Waals surface area contributed by atoms with Crippen LogP contribution in [-0.2, 0) is 20.0 Å². The molecule has 3 aromatic rings. The Morgan fingerprint density at radius 2 is 2.20 bits per heavy atom. The monoisotopic (exact) mass is 290 g/mol. The molecular formula is C14H15ClN4O. The molecule has 0 fully saturated rings. The van der Waals surface area contributed by atoms with Crippen molar-refractivity contribution in [3.8, 4) is 0 Å². The molecule has 0 spiro atoms. The lowest BCUT2D eigenvalue weighted by atomic mass is 10.2. The normalized spacial score (nSPS) is 11.3. The van der Waals surface area contributed by atoms with Crippen molar-refractivity contribution in [1.29, 1.82) is 0 Å². The van der Waals surface area contributed by atoms with E-state index in [2.05, 4.69) is 15.5 Å². The Morgan fingerprint density at radius 3 is 3.00 bits per heavy atom. The zero-order valence-corrected chi connectivity index (χ0v) is 11.9. The molecule has 6 heteroatoms. The van der Waals surface area contributed by atoms with E-state index in [1.54, 1.807) is 6.33 Å². The van der Waals surface area contributed by atoms with Crippen molar-refractivity contribution in [1.82, 2.24) is 20.1 Å². The zero-order valence-electron chi connectivity index (χ0n) is 11.1. The van der Waals surface area contributed by atoms with Gasteiger partial charge >= 0.3 is 0 Å². The maximum atomic E-state index is 6.14. The Kier molecular flexibility index (Phi) is 3.71. The van der Waals surface area contributed by atoms with Crippen LogP contribution < -0.4 is 5.32 Å². The second kappa shape index (κ2) is 5.64. The summed E-state index contributed by atoms with van der Waals surface area (Å²) in [7, 11) is 1.94. The van der Waals surface area contributed by atoms with Crippen molar-refractivity contribution in [2.75, 3.05) is 6.54 Å². The number of rotatable bonds is 5. The van der Waals surface area contributed by atoms with E-state index in [1.807, 2.05) is 35.9 Å². The van der Waals surface area contributed by atoms with Crippen LogP contribution in [-0.4, -0.2) is 21.3 Å². The molecule has 0 aliphatic heterocycles. The Balaban J connectivity index is 1.63. The van der Waals surface area contributed by atoms with E-state index in [0.717, 1.165) is 35.3 Å². The molecular weight excluding hydrogens is 276 g/mol. The molecule has 0 radical (unpaired) electrons. The van der Waals surface area contributed by atoms with Gasteiger partial charge in [-0.05, 0) is 17.7 Å². The van der Waals surface area contributed by atoms with Gasteiger partial charge in [-0.25, -0.2) is 0 Å². The van der Waals surface area contributed by atoms with Crippen LogP contribution in [0.15, 0.2) is 35.0 Å². The number of nitrogens with zero attached hydrogens (tertiary/aromatic N) is 3. The molecule has 1 aromatic carbocycles. The molecule has 0 saturated carbocycles. The molecule has 0 aliphatic carbocycles. The number of aryl methyl sites for hydroxylation is 1. The lowest BCUT2D eigenvalue weighted by molar-refractivity contribution is 0.601. The van der Waals surface area contributed by atoms with E-state index in [-0.39, 0.29) is 0 Å². The van der Waals surface area contributed by atoms with Gasteiger partial charge in [-0.1, -0.05) is 18.2 Å². The van der Waals surface area contributed by atoms with Crippen molar-refractivity contribution in [2.45, 2.75) is 13.0 Å². The Labute approximate surface area is 121 Å². The predicted molar refractivity (Wildman–Crippen MR) is 77.6 cm³/mol. The first kappa shape index (κ1) is 13.1. The SMILES string of the molecule is Cn1cnnc1CCNCc1c(Cl)oc2ccccc12. The molecule has 0 atom stereocenters. The predicted octanol–water partition coefficient (Wildman–Crippen LogP) is 2.55. The molecule has 2 heterocycles. The van der Waals surface area contributed by atoms with Crippen molar-refractivity contribution in [2.24, 2.45) is 7.05 Å². The van der Waals surface area contributed by atoms with Gasteiger partial charge in [0.15, 0.2) is 5.22 Å². The highest BCUT2D eigenvalue weighted by Gasteiger charge is 2.11. The van der Waals surface area contributed by atoms with Gasteiger partial charge in [0.1, 0.15) is 17.7 Å². The van der Waals surface area contributed by atoms with Crippen molar-refractivity contribution in [3.05, 3.63) is 47.2 Å². The minimum Gasteiger partial charge on any atom is -0.444 e. The third-order valence-corrected chi connectivity index (χ3v) is 3.59. The summed E-state index contributed by atoms with van der Waals surface area (Å²) < 4.78 is 7.44. The molecule has 0 saturated heterocycles. The topological polar surface area (TPSA) is 55.9 Å². The highest BCUT2D eigenvalue weighted by atomic mass is 35.5. The van der Waals surface area contributed by atoms with E-state index in [0.29, 0.717) is 11.8 Å². The van der Waals surface area contributed by atoms with Gasteiger partial charge in [-0.3, -0.25) is 0 Å². The van der Waals surface area contributed by atoms with Gasteiger partial charge in [0.05, 0.1) is 0 Å². The molecule has 1 N–H and O–H groups in total. The number of nitrogens with one attached hydrogen (secondary N) is 1. The lowest BCUT2D eigenvalue weighted by Crippen LogP contribution is -2.18. The van der Waals surface area contributed by atoms with Crippen LogP contribution in [0.1, 0.15) is 11.4 Å². The fraction of sp³-hybridized carbons (Fsp3) is 0.286. The Hall–Kier alpha value is -1.85. The molecule has 2 aromatic heterocycles. The number of furan rings is 1. The highest BCUT2D eigenvalue weighted by molar-refractivity contribution is 6.30. The fourth-order valence-electron chi connectivity index (χ4n) is 2.18. The van der Waals surface area contributed by atoms with Crippen LogP contribution in [0.4, 0.5) is 0 Å². The first-order chi connectivity index (χ1) is 9.75. The second-order valence-corrected chi connectivity index (χ2v) is 4.98. The number of halogens is 1. The molecule has 104 valence electrons.